The highest BCUT2D eigenvalue weighted by molar-refractivity contribution is 7.98. The second-order valence-electron chi connectivity index (χ2n) is 6.67. The third-order valence-electron chi connectivity index (χ3n) is 4.76. The van der Waals surface area contributed by atoms with Crippen LogP contribution in [0, 0.1) is 0 Å². The van der Waals surface area contributed by atoms with E-state index < -0.39 is 0 Å². The van der Waals surface area contributed by atoms with E-state index >= 15 is 0 Å². The summed E-state index contributed by atoms with van der Waals surface area (Å²) < 4.78 is 8.98. The molecule has 8 heteroatoms. The highest BCUT2D eigenvalue weighted by atomic mass is 32.2. The van der Waals surface area contributed by atoms with E-state index in [1.807, 2.05) is 65.1 Å². The molecule has 30 heavy (non-hydrogen) atoms. The summed E-state index contributed by atoms with van der Waals surface area (Å²) in [4.78, 5) is 12.9. The Bertz CT molecular complexity index is 1420. The van der Waals surface area contributed by atoms with E-state index in [2.05, 4.69) is 21.9 Å². The smallest absolute Gasteiger partial charge is 0.263 e. The van der Waals surface area contributed by atoms with Gasteiger partial charge in [0.1, 0.15) is 11.5 Å². The van der Waals surface area contributed by atoms with Crippen molar-refractivity contribution in [1.29, 1.82) is 0 Å². The first-order valence-corrected chi connectivity index (χ1v) is 10.4. The van der Waals surface area contributed by atoms with E-state index in [1.165, 1.54) is 11.8 Å². The van der Waals surface area contributed by atoms with E-state index in [-0.39, 0.29) is 5.56 Å². The molecule has 3 heterocycles. The van der Waals surface area contributed by atoms with Crippen molar-refractivity contribution in [1.82, 2.24) is 24.3 Å². The Morgan fingerprint density at radius 3 is 2.70 bits per heavy atom. The van der Waals surface area contributed by atoms with Gasteiger partial charge >= 0.3 is 0 Å². The molecular weight excluding hydrogens is 398 g/mol. The average Bonchev–Trinajstić information content (AvgIpc) is 3.43. The van der Waals surface area contributed by atoms with Gasteiger partial charge in [0.2, 0.25) is 5.78 Å². The van der Waals surface area contributed by atoms with Crippen molar-refractivity contribution in [3.05, 3.63) is 89.4 Å². The van der Waals surface area contributed by atoms with Crippen molar-refractivity contribution < 1.29 is 4.52 Å². The molecule has 0 unspecified atom stereocenters. The molecule has 5 rings (SSSR count). The lowest BCUT2D eigenvalue weighted by molar-refractivity contribution is 0.397. The summed E-state index contributed by atoms with van der Waals surface area (Å²) in [6, 6.07) is 19.3. The van der Waals surface area contributed by atoms with Crippen molar-refractivity contribution in [3.63, 3.8) is 0 Å². The van der Waals surface area contributed by atoms with Gasteiger partial charge in [0.15, 0.2) is 5.16 Å². The van der Waals surface area contributed by atoms with Crippen molar-refractivity contribution in [2.24, 2.45) is 0 Å². The van der Waals surface area contributed by atoms with Crippen LogP contribution in [0.15, 0.2) is 87.8 Å². The third-order valence-corrected chi connectivity index (χ3v) is 5.71. The molecule has 2 aromatic carbocycles. The molecule has 0 aliphatic carbocycles. The summed E-state index contributed by atoms with van der Waals surface area (Å²) in [5.74, 6) is 1.76. The number of para-hydroxylation sites is 1. The zero-order valence-corrected chi connectivity index (χ0v) is 16.7. The number of aromatic nitrogens is 5. The van der Waals surface area contributed by atoms with Gasteiger partial charge in [-0.05, 0) is 12.1 Å². The zero-order chi connectivity index (χ0) is 20.5. The first-order chi connectivity index (χ1) is 14.8. The number of hydrogen-bond donors (Lipinski definition) is 0. The molecule has 0 aliphatic heterocycles. The second-order valence-corrected chi connectivity index (χ2v) is 7.62. The van der Waals surface area contributed by atoms with E-state index in [0.717, 1.165) is 22.5 Å². The summed E-state index contributed by atoms with van der Waals surface area (Å²) in [5.41, 5.74) is 2.46. The van der Waals surface area contributed by atoms with Crippen LogP contribution in [0.25, 0.3) is 27.9 Å². The minimum absolute atomic E-state index is 0.107. The van der Waals surface area contributed by atoms with E-state index in [4.69, 9.17) is 4.52 Å². The fraction of sp³-hybridized carbons (Fsp3) is 0.0909. The number of nitrogens with zero attached hydrogens (tertiary/aromatic N) is 5. The van der Waals surface area contributed by atoms with Crippen LogP contribution in [0.5, 0.6) is 0 Å². The Morgan fingerprint density at radius 2 is 1.87 bits per heavy atom. The maximum absolute atomic E-state index is 12.9. The van der Waals surface area contributed by atoms with E-state index in [0.29, 0.717) is 28.6 Å². The molecule has 0 fully saturated rings. The molecule has 0 saturated heterocycles. The number of thioether (sulfide) groups is 1. The predicted octanol–water partition coefficient (Wildman–Crippen LogP) is 4.18. The predicted molar refractivity (Wildman–Crippen MR) is 116 cm³/mol. The number of fused-ring (bicyclic) bond motifs is 3. The normalized spacial score (nSPS) is 11.3. The van der Waals surface area contributed by atoms with E-state index in [1.54, 1.807) is 10.6 Å². The Labute approximate surface area is 175 Å². The molecule has 7 nitrogen and oxygen atoms in total. The van der Waals surface area contributed by atoms with Crippen LogP contribution in [0.1, 0.15) is 5.76 Å². The highest BCUT2D eigenvalue weighted by Crippen LogP contribution is 2.26. The molecule has 0 amide bonds. The lowest BCUT2D eigenvalue weighted by atomic mass is 10.1. The number of allylic oxidation sites excluding steroid dienone is 1. The molecule has 0 aliphatic rings. The number of rotatable bonds is 6. The summed E-state index contributed by atoms with van der Waals surface area (Å²) in [6.07, 6.45) is 1.68. The Balaban J connectivity index is 1.52. The van der Waals surface area contributed by atoms with Crippen molar-refractivity contribution in [2.45, 2.75) is 17.5 Å². The third kappa shape index (κ3) is 3.11. The van der Waals surface area contributed by atoms with Crippen LogP contribution >= 0.6 is 11.8 Å². The van der Waals surface area contributed by atoms with Gasteiger partial charge in [-0.3, -0.25) is 13.8 Å². The lowest BCUT2D eigenvalue weighted by Crippen LogP contribution is -2.22. The molecular formula is C22H17N5O2S. The van der Waals surface area contributed by atoms with Gasteiger partial charge in [-0.25, -0.2) is 0 Å². The Hall–Kier alpha value is -3.65. The zero-order valence-electron chi connectivity index (χ0n) is 15.9. The van der Waals surface area contributed by atoms with Gasteiger partial charge in [0.05, 0.1) is 16.7 Å². The monoisotopic (exact) mass is 415 g/mol. The van der Waals surface area contributed by atoms with Gasteiger partial charge in [0, 0.05) is 18.2 Å². The maximum atomic E-state index is 12.9. The maximum Gasteiger partial charge on any atom is 0.263 e. The average molecular weight is 415 g/mol. The lowest BCUT2D eigenvalue weighted by Gasteiger charge is -2.09. The molecule has 5 aromatic rings. The fourth-order valence-electron chi connectivity index (χ4n) is 3.38. The fourth-order valence-corrected chi connectivity index (χ4v) is 4.20. The molecule has 3 aromatic heterocycles. The summed E-state index contributed by atoms with van der Waals surface area (Å²) in [7, 11) is 0. The second kappa shape index (κ2) is 7.64. The van der Waals surface area contributed by atoms with Crippen molar-refractivity contribution in [2.75, 3.05) is 0 Å². The summed E-state index contributed by atoms with van der Waals surface area (Å²) >= 11 is 1.48. The SMILES string of the molecule is C=CCn1c(=O)c2ccccc2n2c(SCc3cc(-c4ccccc4)no3)nnc12. The molecule has 0 N–H and O–H groups in total. The van der Waals surface area contributed by atoms with Crippen molar-refractivity contribution >= 4 is 28.4 Å². The number of benzene rings is 2. The summed E-state index contributed by atoms with van der Waals surface area (Å²) in [6.45, 7) is 4.11. The summed E-state index contributed by atoms with van der Waals surface area (Å²) in [5, 5.41) is 14.1. The van der Waals surface area contributed by atoms with Gasteiger partial charge in [0.25, 0.3) is 5.56 Å². The van der Waals surface area contributed by atoms with Gasteiger partial charge in [-0.2, -0.15) is 0 Å². The standard InChI is InChI=1S/C22H17N5O2S/c1-2-12-26-20(28)17-10-6-7-11-19(17)27-21(26)23-24-22(27)30-14-16-13-18(25-29-16)15-8-4-3-5-9-15/h2-11,13H,1,12,14H2. The molecule has 148 valence electrons. The van der Waals surface area contributed by atoms with Crippen LogP contribution in [0.4, 0.5) is 0 Å². The Morgan fingerprint density at radius 1 is 1.07 bits per heavy atom. The van der Waals surface area contributed by atoms with Crippen LogP contribution in [0.2, 0.25) is 0 Å². The topological polar surface area (TPSA) is 78.2 Å². The quantitative estimate of drug-likeness (QED) is 0.306. The van der Waals surface area contributed by atoms with Crippen LogP contribution < -0.4 is 5.56 Å². The largest absolute Gasteiger partial charge is 0.360 e. The van der Waals surface area contributed by atoms with E-state index in [9.17, 15) is 4.79 Å². The Kier molecular flexibility index (Phi) is 4.68. The first kappa shape index (κ1) is 18.4. The van der Waals surface area contributed by atoms with Gasteiger partial charge in [-0.1, -0.05) is 65.5 Å². The van der Waals surface area contributed by atoms with Gasteiger partial charge < -0.3 is 4.52 Å². The van der Waals surface area contributed by atoms with Crippen LogP contribution in [-0.2, 0) is 12.3 Å². The molecule has 0 saturated carbocycles. The minimum Gasteiger partial charge on any atom is -0.360 e. The highest BCUT2D eigenvalue weighted by Gasteiger charge is 2.17. The minimum atomic E-state index is -0.107. The van der Waals surface area contributed by atoms with Crippen LogP contribution in [-0.4, -0.2) is 24.3 Å². The molecule has 0 atom stereocenters. The number of hydrogen-bond acceptors (Lipinski definition) is 6. The van der Waals surface area contributed by atoms with Gasteiger partial charge in [-0.15, -0.1) is 16.8 Å². The van der Waals surface area contributed by atoms with Crippen LogP contribution in [0.3, 0.4) is 0 Å². The molecule has 0 radical (unpaired) electrons. The molecule has 0 bridgehead atoms. The van der Waals surface area contributed by atoms with Crippen molar-refractivity contribution in [3.8, 4) is 11.3 Å². The first-order valence-electron chi connectivity index (χ1n) is 9.37. The molecule has 0 spiro atoms.